The third kappa shape index (κ3) is 1.43. The number of nitrogens with one attached hydrogen (secondary N) is 2. The van der Waals surface area contributed by atoms with Gasteiger partial charge in [-0.2, -0.15) is 5.10 Å². The third-order valence-electron chi connectivity index (χ3n) is 2.21. The molecule has 2 N–H and O–H groups in total. The Bertz CT molecular complexity index is 199. The predicted octanol–water partition coefficient (Wildman–Crippen LogP) is 1.22. The molecule has 1 saturated heterocycles. The van der Waals surface area contributed by atoms with Gasteiger partial charge in [0.15, 0.2) is 0 Å². The fourth-order valence-electron chi connectivity index (χ4n) is 1.58. The summed E-state index contributed by atoms with van der Waals surface area (Å²) < 4.78 is 0. The molecule has 3 nitrogen and oxygen atoms in total. The molecule has 1 aromatic rings. The van der Waals surface area contributed by atoms with Gasteiger partial charge in [-0.3, -0.25) is 5.10 Å². The number of piperidine rings is 1. The first-order chi connectivity index (χ1) is 5.47. The summed E-state index contributed by atoms with van der Waals surface area (Å²) in [5, 5.41) is 10.4. The largest absolute Gasteiger partial charge is 0.309 e. The van der Waals surface area contributed by atoms with Gasteiger partial charge in [0.05, 0.1) is 5.69 Å². The van der Waals surface area contributed by atoms with Crippen LogP contribution >= 0.6 is 0 Å². The highest BCUT2D eigenvalue weighted by Gasteiger charge is 2.14. The van der Waals surface area contributed by atoms with Crippen molar-refractivity contribution >= 4 is 0 Å². The molecule has 0 unspecified atom stereocenters. The molecule has 2 rings (SSSR count). The monoisotopic (exact) mass is 151 g/mol. The number of H-pyrrole nitrogens is 1. The van der Waals surface area contributed by atoms with Gasteiger partial charge >= 0.3 is 0 Å². The first kappa shape index (κ1) is 6.85. The van der Waals surface area contributed by atoms with Crippen molar-refractivity contribution in [1.29, 1.82) is 0 Å². The van der Waals surface area contributed by atoms with Gasteiger partial charge in [-0.05, 0) is 25.5 Å². The van der Waals surface area contributed by atoms with Crippen molar-refractivity contribution in [3.63, 3.8) is 0 Å². The number of rotatable bonds is 1. The highest BCUT2D eigenvalue weighted by atomic mass is 15.1. The zero-order valence-electron chi connectivity index (χ0n) is 6.51. The van der Waals surface area contributed by atoms with Crippen molar-refractivity contribution in [3.05, 3.63) is 18.0 Å². The molecule has 1 aliphatic heterocycles. The van der Waals surface area contributed by atoms with Gasteiger partial charge in [0.25, 0.3) is 0 Å². The summed E-state index contributed by atoms with van der Waals surface area (Å²) in [5.74, 6) is 0. The van der Waals surface area contributed by atoms with Crippen molar-refractivity contribution in [2.24, 2.45) is 0 Å². The minimum absolute atomic E-state index is 0.520. The van der Waals surface area contributed by atoms with Crippen LogP contribution in [0.5, 0.6) is 0 Å². The third-order valence-corrected chi connectivity index (χ3v) is 2.21. The molecule has 0 aromatic carbocycles. The molecular weight excluding hydrogens is 138 g/mol. The maximum absolute atomic E-state index is 3.93. The lowest BCUT2D eigenvalue weighted by Gasteiger charge is -2.21. The molecule has 0 spiro atoms. The Morgan fingerprint density at radius 1 is 1.45 bits per heavy atom. The molecular formula is C8H13N3. The highest BCUT2D eigenvalue weighted by Crippen LogP contribution is 2.19. The van der Waals surface area contributed by atoms with Crippen molar-refractivity contribution in [3.8, 4) is 0 Å². The number of aromatic amines is 1. The van der Waals surface area contributed by atoms with E-state index in [1.807, 2.05) is 12.3 Å². The Kier molecular flexibility index (Phi) is 1.90. The van der Waals surface area contributed by atoms with Gasteiger partial charge in [-0.25, -0.2) is 0 Å². The second-order valence-electron chi connectivity index (χ2n) is 3.01. The summed E-state index contributed by atoms with van der Waals surface area (Å²) in [6.07, 6.45) is 5.69. The van der Waals surface area contributed by atoms with Crippen LogP contribution in [0.15, 0.2) is 12.3 Å². The van der Waals surface area contributed by atoms with Crippen molar-refractivity contribution in [2.45, 2.75) is 25.3 Å². The van der Waals surface area contributed by atoms with Crippen molar-refractivity contribution in [1.82, 2.24) is 15.5 Å². The van der Waals surface area contributed by atoms with Crippen LogP contribution in [0.4, 0.5) is 0 Å². The molecule has 1 aromatic heterocycles. The predicted molar refractivity (Wildman–Crippen MR) is 43.2 cm³/mol. The van der Waals surface area contributed by atoms with Crippen LogP contribution in [-0.2, 0) is 0 Å². The maximum Gasteiger partial charge on any atom is 0.0521 e. The lowest BCUT2D eigenvalue weighted by molar-refractivity contribution is 0.405. The minimum Gasteiger partial charge on any atom is -0.309 e. The van der Waals surface area contributed by atoms with Crippen LogP contribution in [0.25, 0.3) is 0 Å². The fourth-order valence-corrected chi connectivity index (χ4v) is 1.58. The van der Waals surface area contributed by atoms with Crippen LogP contribution < -0.4 is 5.32 Å². The van der Waals surface area contributed by atoms with Gasteiger partial charge < -0.3 is 5.32 Å². The molecule has 3 heteroatoms. The SMILES string of the molecule is c1cc([C@H]2CCCCN2)[nH]n1. The Morgan fingerprint density at radius 2 is 2.45 bits per heavy atom. The first-order valence-electron chi connectivity index (χ1n) is 4.19. The lowest BCUT2D eigenvalue weighted by atomic mass is 10.0. The summed E-state index contributed by atoms with van der Waals surface area (Å²) in [6, 6.07) is 2.56. The Morgan fingerprint density at radius 3 is 3.09 bits per heavy atom. The van der Waals surface area contributed by atoms with E-state index < -0.39 is 0 Å². The first-order valence-corrected chi connectivity index (χ1v) is 4.19. The van der Waals surface area contributed by atoms with E-state index in [4.69, 9.17) is 0 Å². The average molecular weight is 151 g/mol. The van der Waals surface area contributed by atoms with E-state index in [1.54, 1.807) is 0 Å². The fraction of sp³-hybridized carbons (Fsp3) is 0.625. The van der Waals surface area contributed by atoms with Crippen LogP contribution in [-0.4, -0.2) is 16.7 Å². The number of aromatic nitrogens is 2. The second-order valence-corrected chi connectivity index (χ2v) is 3.01. The molecule has 0 saturated carbocycles. The van der Waals surface area contributed by atoms with Crippen molar-refractivity contribution in [2.75, 3.05) is 6.54 Å². The molecule has 0 radical (unpaired) electrons. The molecule has 0 amide bonds. The number of hydrogen-bond acceptors (Lipinski definition) is 2. The summed E-state index contributed by atoms with van der Waals surface area (Å²) in [4.78, 5) is 0. The molecule has 0 aliphatic carbocycles. The molecule has 0 bridgehead atoms. The van der Waals surface area contributed by atoms with Gasteiger partial charge in [-0.15, -0.1) is 0 Å². The van der Waals surface area contributed by atoms with E-state index >= 15 is 0 Å². The lowest BCUT2D eigenvalue weighted by Crippen LogP contribution is -2.26. The van der Waals surface area contributed by atoms with E-state index in [-0.39, 0.29) is 0 Å². The zero-order chi connectivity index (χ0) is 7.52. The quantitative estimate of drug-likeness (QED) is 0.633. The molecule has 1 aliphatic rings. The molecule has 11 heavy (non-hydrogen) atoms. The van der Waals surface area contributed by atoms with Gasteiger partial charge in [-0.1, -0.05) is 6.42 Å². The van der Waals surface area contributed by atoms with Crippen molar-refractivity contribution < 1.29 is 0 Å². The van der Waals surface area contributed by atoms with Gasteiger partial charge in [0.1, 0.15) is 0 Å². The van der Waals surface area contributed by atoms with Gasteiger partial charge in [0.2, 0.25) is 0 Å². The number of hydrogen-bond donors (Lipinski definition) is 2. The smallest absolute Gasteiger partial charge is 0.0521 e. The maximum atomic E-state index is 3.93. The minimum atomic E-state index is 0.520. The van der Waals surface area contributed by atoms with E-state index in [2.05, 4.69) is 15.5 Å². The summed E-state index contributed by atoms with van der Waals surface area (Å²) in [7, 11) is 0. The summed E-state index contributed by atoms with van der Waals surface area (Å²) >= 11 is 0. The summed E-state index contributed by atoms with van der Waals surface area (Å²) in [6.45, 7) is 1.14. The number of nitrogens with zero attached hydrogens (tertiary/aromatic N) is 1. The van der Waals surface area contributed by atoms with Crippen LogP contribution in [0.1, 0.15) is 31.0 Å². The van der Waals surface area contributed by atoms with E-state index in [1.165, 1.54) is 25.0 Å². The Balaban J connectivity index is 2.04. The van der Waals surface area contributed by atoms with Crippen LogP contribution in [0, 0.1) is 0 Å². The van der Waals surface area contributed by atoms with Gasteiger partial charge in [0, 0.05) is 12.2 Å². The molecule has 60 valence electrons. The molecule has 1 fully saturated rings. The van der Waals surface area contributed by atoms with Crippen LogP contribution in [0.3, 0.4) is 0 Å². The Labute approximate surface area is 66.2 Å². The standard InChI is InChI=1S/C8H13N3/c1-2-5-9-7(3-1)8-4-6-10-11-8/h4,6-7,9H,1-3,5H2,(H,10,11)/t7-/m1/s1. The Hall–Kier alpha value is -0.830. The second kappa shape index (κ2) is 3.05. The van der Waals surface area contributed by atoms with E-state index in [9.17, 15) is 0 Å². The summed E-state index contributed by atoms with van der Waals surface area (Å²) in [5.41, 5.74) is 1.23. The molecule has 2 heterocycles. The highest BCUT2D eigenvalue weighted by molar-refractivity contribution is 5.04. The van der Waals surface area contributed by atoms with Crippen LogP contribution in [0.2, 0.25) is 0 Å². The normalized spacial score (nSPS) is 25.3. The topological polar surface area (TPSA) is 40.7 Å². The van der Waals surface area contributed by atoms with E-state index in [0.717, 1.165) is 6.54 Å². The zero-order valence-corrected chi connectivity index (χ0v) is 6.51. The molecule has 1 atom stereocenters. The van der Waals surface area contributed by atoms with E-state index in [0.29, 0.717) is 6.04 Å². The average Bonchev–Trinajstić information content (AvgIpc) is 2.58.